The summed E-state index contributed by atoms with van der Waals surface area (Å²) in [6, 6.07) is 10.2. The van der Waals surface area contributed by atoms with Crippen molar-refractivity contribution in [3.8, 4) is 22.8 Å². The fourth-order valence-corrected chi connectivity index (χ4v) is 4.62. The first kappa shape index (κ1) is 18.1. The van der Waals surface area contributed by atoms with Crippen molar-refractivity contribution < 1.29 is 22.3 Å². The monoisotopic (exact) mass is 412 g/mol. The smallest absolute Gasteiger partial charge is 0.262 e. The van der Waals surface area contributed by atoms with Crippen LogP contribution in [0.2, 0.25) is 0 Å². The van der Waals surface area contributed by atoms with Gasteiger partial charge in [-0.2, -0.15) is 0 Å². The van der Waals surface area contributed by atoms with Crippen LogP contribution in [0.15, 0.2) is 51.9 Å². The molecule has 0 unspecified atom stereocenters. The molecule has 5 rings (SSSR count). The second-order valence-electron chi connectivity index (χ2n) is 7.28. The van der Waals surface area contributed by atoms with Crippen LogP contribution in [0.5, 0.6) is 11.5 Å². The van der Waals surface area contributed by atoms with E-state index >= 15 is 0 Å². The predicted molar refractivity (Wildman–Crippen MR) is 107 cm³/mol. The van der Waals surface area contributed by atoms with Crippen LogP contribution in [-0.2, 0) is 10.0 Å². The summed E-state index contributed by atoms with van der Waals surface area (Å²) >= 11 is 0. The van der Waals surface area contributed by atoms with E-state index in [0.717, 1.165) is 18.7 Å². The largest absolute Gasteiger partial charge is 0.486 e. The summed E-state index contributed by atoms with van der Waals surface area (Å²) in [6.45, 7) is 2.68. The number of ether oxygens (including phenoxy) is 2. The van der Waals surface area contributed by atoms with E-state index in [9.17, 15) is 8.42 Å². The summed E-state index contributed by atoms with van der Waals surface area (Å²) in [5, 5.41) is 0. The van der Waals surface area contributed by atoms with Gasteiger partial charge in [-0.3, -0.25) is 4.72 Å². The van der Waals surface area contributed by atoms with Crippen LogP contribution in [0.1, 0.15) is 30.2 Å². The maximum Gasteiger partial charge on any atom is 0.262 e. The van der Waals surface area contributed by atoms with Gasteiger partial charge < -0.3 is 13.9 Å². The second kappa shape index (κ2) is 6.81. The van der Waals surface area contributed by atoms with Gasteiger partial charge in [-0.05, 0) is 43.5 Å². The van der Waals surface area contributed by atoms with Crippen molar-refractivity contribution in [2.75, 3.05) is 17.9 Å². The highest BCUT2D eigenvalue weighted by atomic mass is 32.2. The minimum Gasteiger partial charge on any atom is -0.486 e. The highest BCUT2D eigenvalue weighted by Gasteiger charge is 2.29. The molecule has 0 spiro atoms. The molecule has 29 heavy (non-hydrogen) atoms. The van der Waals surface area contributed by atoms with Gasteiger partial charge in [0.15, 0.2) is 23.1 Å². The number of aromatic nitrogens is 1. The Hall–Kier alpha value is -3.00. The van der Waals surface area contributed by atoms with Gasteiger partial charge in [0.2, 0.25) is 0 Å². The van der Waals surface area contributed by atoms with Gasteiger partial charge in [0.05, 0.1) is 16.8 Å². The average molecular weight is 412 g/mol. The van der Waals surface area contributed by atoms with E-state index in [2.05, 4.69) is 9.71 Å². The molecular weight excluding hydrogens is 392 g/mol. The summed E-state index contributed by atoms with van der Waals surface area (Å²) in [5.74, 6) is 2.82. The molecule has 0 radical (unpaired) electrons. The number of nitrogens with zero attached hydrogens (tertiary/aromatic N) is 1. The van der Waals surface area contributed by atoms with Crippen molar-refractivity contribution in [2.24, 2.45) is 0 Å². The molecule has 1 aromatic heterocycles. The van der Waals surface area contributed by atoms with Gasteiger partial charge in [-0.1, -0.05) is 12.1 Å². The lowest BCUT2D eigenvalue weighted by Gasteiger charge is -2.19. The number of aryl methyl sites for hydroxylation is 1. The maximum atomic E-state index is 13.1. The van der Waals surface area contributed by atoms with Crippen molar-refractivity contribution in [1.29, 1.82) is 0 Å². The van der Waals surface area contributed by atoms with E-state index < -0.39 is 10.0 Å². The Morgan fingerprint density at radius 2 is 1.83 bits per heavy atom. The van der Waals surface area contributed by atoms with Gasteiger partial charge in [0, 0.05) is 17.5 Å². The molecule has 8 heteroatoms. The fraction of sp³-hybridized carbons (Fsp3) is 0.286. The minimum absolute atomic E-state index is 0.189. The van der Waals surface area contributed by atoms with E-state index in [-0.39, 0.29) is 4.90 Å². The van der Waals surface area contributed by atoms with Crippen molar-refractivity contribution in [1.82, 2.24) is 4.98 Å². The summed E-state index contributed by atoms with van der Waals surface area (Å²) in [6.07, 6.45) is 3.84. The number of nitrogens with one attached hydrogen (secondary N) is 1. The molecular formula is C21H20N2O5S. The molecule has 0 saturated heterocycles. The van der Waals surface area contributed by atoms with Crippen LogP contribution in [-0.4, -0.2) is 26.6 Å². The van der Waals surface area contributed by atoms with Crippen LogP contribution < -0.4 is 14.2 Å². The normalized spacial score (nSPS) is 15.9. The van der Waals surface area contributed by atoms with Crippen LogP contribution in [0, 0.1) is 6.92 Å². The van der Waals surface area contributed by atoms with E-state index in [1.165, 1.54) is 0 Å². The lowest BCUT2D eigenvalue weighted by molar-refractivity contribution is 0.171. The Kier molecular flexibility index (Phi) is 4.24. The summed E-state index contributed by atoms with van der Waals surface area (Å²) in [5.41, 5.74) is 1.73. The Balaban J connectivity index is 1.45. The summed E-state index contributed by atoms with van der Waals surface area (Å²) in [4.78, 5) is 4.51. The molecule has 150 valence electrons. The Morgan fingerprint density at radius 1 is 1.03 bits per heavy atom. The zero-order valence-electron chi connectivity index (χ0n) is 15.8. The lowest BCUT2D eigenvalue weighted by atomic mass is 10.1. The molecule has 2 aliphatic rings. The van der Waals surface area contributed by atoms with Gasteiger partial charge in [0.25, 0.3) is 10.0 Å². The first-order valence-corrected chi connectivity index (χ1v) is 11.0. The van der Waals surface area contributed by atoms with Crippen molar-refractivity contribution >= 4 is 15.7 Å². The van der Waals surface area contributed by atoms with Crippen molar-refractivity contribution in [2.45, 2.75) is 30.6 Å². The number of hydrogen-bond donors (Lipinski definition) is 1. The van der Waals surface area contributed by atoms with Crippen LogP contribution in [0.4, 0.5) is 5.69 Å². The van der Waals surface area contributed by atoms with Crippen molar-refractivity contribution in [3.63, 3.8) is 0 Å². The molecule has 0 bridgehead atoms. The number of benzene rings is 2. The maximum absolute atomic E-state index is 13.1. The molecule has 2 aromatic carbocycles. The lowest BCUT2D eigenvalue weighted by Crippen LogP contribution is -2.17. The van der Waals surface area contributed by atoms with Gasteiger partial charge in [0.1, 0.15) is 13.2 Å². The molecule has 0 amide bonds. The number of fused-ring (bicyclic) bond motifs is 1. The third-order valence-corrected chi connectivity index (χ3v) is 6.53. The first-order valence-electron chi connectivity index (χ1n) is 9.49. The quantitative estimate of drug-likeness (QED) is 0.678. The van der Waals surface area contributed by atoms with Gasteiger partial charge in [-0.15, -0.1) is 0 Å². The highest BCUT2D eigenvalue weighted by Crippen LogP contribution is 2.41. The molecule has 0 atom stereocenters. The molecule has 1 N–H and O–H groups in total. The molecule has 7 nitrogen and oxygen atoms in total. The third kappa shape index (κ3) is 3.55. The number of hydrogen-bond acceptors (Lipinski definition) is 6. The Bertz CT molecular complexity index is 1180. The highest BCUT2D eigenvalue weighted by molar-refractivity contribution is 7.92. The first-order chi connectivity index (χ1) is 14.0. The molecule has 1 aliphatic heterocycles. The van der Waals surface area contributed by atoms with Gasteiger partial charge >= 0.3 is 0 Å². The molecule has 3 aromatic rings. The SMILES string of the molecule is Cc1ccc(-c2cnc(C3CC3)o2)cc1S(=O)(=O)Nc1ccc2c(c1)OCCO2. The Labute approximate surface area is 168 Å². The average Bonchev–Trinajstić information content (AvgIpc) is 3.45. The van der Waals surface area contributed by atoms with Gasteiger partial charge in [-0.25, -0.2) is 13.4 Å². The molecule has 2 heterocycles. The summed E-state index contributed by atoms with van der Waals surface area (Å²) < 4.78 is 45.6. The standard InChI is InChI=1S/C21H20N2O5S/c1-13-2-3-15(19-12-22-21(28-19)14-4-5-14)10-20(13)29(24,25)23-16-6-7-17-18(11-16)27-9-8-26-17/h2-3,6-7,10-12,14,23H,4-5,8-9H2,1H3. The minimum atomic E-state index is -3.81. The zero-order valence-corrected chi connectivity index (χ0v) is 16.7. The second-order valence-corrected chi connectivity index (χ2v) is 8.93. The number of sulfonamides is 1. The van der Waals surface area contributed by atoms with Crippen LogP contribution >= 0.6 is 0 Å². The molecule has 1 aliphatic carbocycles. The van der Waals surface area contributed by atoms with E-state index in [4.69, 9.17) is 13.9 Å². The van der Waals surface area contributed by atoms with E-state index in [1.807, 2.05) is 6.07 Å². The Morgan fingerprint density at radius 3 is 2.62 bits per heavy atom. The fourth-order valence-electron chi connectivity index (χ4n) is 3.30. The van der Waals surface area contributed by atoms with Crippen LogP contribution in [0.3, 0.4) is 0 Å². The molecule has 1 saturated carbocycles. The van der Waals surface area contributed by atoms with Crippen molar-refractivity contribution in [3.05, 3.63) is 54.0 Å². The number of anilines is 1. The third-order valence-electron chi connectivity index (χ3n) is 5.01. The topological polar surface area (TPSA) is 90.7 Å². The number of oxazole rings is 1. The number of rotatable bonds is 5. The van der Waals surface area contributed by atoms with E-state index in [0.29, 0.717) is 53.2 Å². The predicted octanol–water partition coefficient (Wildman–Crippen LogP) is 4.10. The molecule has 1 fully saturated rings. The van der Waals surface area contributed by atoms with Crippen LogP contribution in [0.25, 0.3) is 11.3 Å². The zero-order chi connectivity index (χ0) is 20.0. The van der Waals surface area contributed by atoms with E-state index in [1.54, 1.807) is 43.5 Å². The summed E-state index contributed by atoms with van der Waals surface area (Å²) in [7, 11) is -3.81.